The van der Waals surface area contributed by atoms with Gasteiger partial charge in [-0.25, -0.2) is 0 Å². The van der Waals surface area contributed by atoms with Crippen LogP contribution in [-0.4, -0.2) is 50.1 Å². The second-order valence-corrected chi connectivity index (χ2v) is 7.62. The zero-order valence-electron chi connectivity index (χ0n) is 16.4. The zero-order chi connectivity index (χ0) is 18.4. The van der Waals surface area contributed by atoms with Crippen LogP contribution in [0.2, 0.25) is 0 Å². The number of ether oxygens (including phenoxy) is 1. The fourth-order valence-electron chi connectivity index (χ4n) is 3.92. The van der Waals surface area contributed by atoms with Gasteiger partial charge in [-0.1, -0.05) is 12.1 Å². The molecule has 1 fully saturated rings. The maximum atomic E-state index is 5.71. The minimum absolute atomic E-state index is 0.751. The summed E-state index contributed by atoms with van der Waals surface area (Å²) in [5.41, 5.74) is 1.39. The van der Waals surface area contributed by atoms with E-state index in [4.69, 9.17) is 9.15 Å². The summed E-state index contributed by atoms with van der Waals surface area (Å²) in [5, 5.41) is 0. The highest BCUT2D eigenvalue weighted by Gasteiger charge is 2.21. The van der Waals surface area contributed by atoms with Gasteiger partial charge in [-0.15, -0.1) is 0 Å². The van der Waals surface area contributed by atoms with Gasteiger partial charge in [0.2, 0.25) is 0 Å². The molecule has 4 heteroatoms. The summed E-state index contributed by atoms with van der Waals surface area (Å²) in [5.74, 6) is 3.75. The van der Waals surface area contributed by atoms with Crippen molar-refractivity contribution in [2.75, 3.05) is 40.3 Å². The lowest BCUT2D eigenvalue weighted by molar-refractivity contribution is 0.139. The summed E-state index contributed by atoms with van der Waals surface area (Å²) in [7, 11) is 3.92. The monoisotopic (exact) mass is 356 g/mol. The molecule has 1 aliphatic heterocycles. The number of benzene rings is 1. The van der Waals surface area contributed by atoms with E-state index in [0.717, 1.165) is 49.2 Å². The second-order valence-electron chi connectivity index (χ2n) is 7.62. The summed E-state index contributed by atoms with van der Waals surface area (Å²) in [6, 6.07) is 12.6. The molecule has 0 aliphatic carbocycles. The molecule has 2 heterocycles. The number of aryl methyl sites for hydroxylation is 1. The molecule has 1 aromatic carbocycles. The Kier molecular flexibility index (Phi) is 6.75. The van der Waals surface area contributed by atoms with Crippen molar-refractivity contribution in [2.24, 2.45) is 5.92 Å². The van der Waals surface area contributed by atoms with Gasteiger partial charge in [0.05, 0.1) is 13.7 Å². The minimum atomic E-state index is 0.751. The van der Waals surface area contributed by atoms with Crippen molar-refractivity contribution in [3.8, 4) is 5.75 Å². The van der Waals surface area contributed by atoms with E-state index in [1.807, 2.05) is 13.0 Å². The molecule has 0 N–H and O–H groups in total. The predicted molar refractivity (Wildman–Crippen MR) is 106 cm³/mol. The van der Waals surface area contributed by atoms with E-state index in [1.165, 1.54) is 31.5 Å². The first-order valence-corrected chi connectivity index (χ1v) is 9.71. The summed E-state index contributed by atoms with van der Waals surface area (Å²) < 4.78 is 10.9. The molecule has 4 nitrogen and oxygen atoms in total. The molecule has 0 radical (unpaired) electrons. The number of furan rings is 1. The smallest absolute Gasteiger partial charge is 0.118 e. The molecule has 26 heavy (non-hydrogen) atoms. The highest BCUT2D eigenvalue weighted by molar-refractivity contribution is 5.27. The molecule has 1 aliphatic rings. The first-order chi connectivity index (χ1) is 12.6. The molecule has 1 saturated heterocycles. The third kappa shape index (κ3) is 5.61. The van der Waals surface area contributed by atoms with Crippen molar-refractivity contribution in [1.29, 1.82) is 0 Å². The maximum absolute atomic E-state index is 5.71. The van der Waals surface area contributed by atoms with Gasteiger partial charge in [0.25, 0.3) is 0 Å². The predicted octanol–water partition coefficient (Wildman–Crippen LogP) is 3.98. The highest BCUT2D eigenvalue weighted by Crippen LogP contribution is 2.19. The van der Waals surface area contributed by atoms with Gasteiger partial charge in [0.15, 0.2) is 0 Å². The number of hydrogen-bond donors (Lipinski definition) is 0. The van der Waals surface area contributed by atoms with Crippen molar-refractivity contribution in [1.82, 2.24) is 9.80 Å². The molecule has 0 unspecified atom stereocenters. The van der Waals surface area contributed by atoms with Crippen LogP contribution < -0.4 is 4.74 Å². The Morgan fingerprint density at radius 1 is 1.19 bits per heavy atom. The number of piperidine rings is 1. The van der Waals surface area contributed by atoms with E-state index < -0.39 is 0 Å². The second kappa shape index (κ2) is 9.24. The molecule has 2 aromatic rings. The highest BCUT2D eigenvalue weighted by atomic mass is 16.5. The average molecular weight is 357 g/mol. The largest absolute Gasteiger partial charge is 0.497 e. The number of nitrogens with zero attached hydrogens (tertiary/aromatic N) is 2. The van der Waals surface area contributed by atoms with Crippen molar-refractivity contribution in [3.63, 3.8) is 0 Å². The first kappa shape index (κ1) is 19.0. The molecule has 0 spiro atoms. The summed E-state index contributed by atoms with van der Waals surface area (Å²) in [6.45, 7) is 7.62. The van der Waals surface area contributed by atoms with Crippen molar-refractivity contribution < 1.29 is 9.15 Å². The van der Waals surface area contributed by atoms with Crippen LogP contribution in [0.4, 0.5) is 0 Å². The van der Waals surface area contributed by atoms with Gasteiger partial charge in [0, 0.05) is 19.6 Å². The summed E-state index contributed by atoms with van der Waals surface area (Å²) >= 11 is 0. The van der Waals surface area contributed by atoms with E-state index >= 15 is 0 Å². The molecule has 3 rings (SSSR count). The van der Waals surface area contributed by atoms with Gasteiger partial charge < -0.3 is 14.1 Å². The van der Waals surface area contributed by atoms with E-state index in [2.05, 4.69) is 47.2 Å². The van der Waals surface area contributed by atoms with Crippen LogP contribution in [0.1, 0.15) is 29.9 Å². The van der Waals surface area contributed by atoms with Crippen LogP contribution in [0, 0.1) is 12.8 Å². The molecule has 1 aromatic heterocycles. The molecule has 0 amide bonds. The summed E-state index contributed by atoms with van der Waals surface area (Å²) in [4.78, 5) is 5.03. The SMILES string of the molecule is COc1ccc(CCN2CCC[C@@H](CN(C)Cc3ccc(C)o3)C2)cc1. The number of methoxy groups -OCH3 is 1. The molecule has 1 atom stereocenters. The fourth-order valence-corrected chi connectivity index (χ4v) is 3.92. The molecule has 0 saturated carbocycles. The Balaban J connectivity index is 1.42. The van der Waals surface area contributed by atoms with Crippen molar-refractivity contribution in [3.05, 3.63) is 53.5 Å². The van der Waals surface area contributed by atoms with E-state index in [-0.39, 0.29) is 0 Å². The molecular weight excluding hydrogens is 324 g/mol. The molecular formula is C22H32N2O2. The van der Waals surface area contributed by atoms with Gasteiger partial charge in [-0.2, -0.15) is 0 Å². The Bertz CT molecular complexity index is 665. The number of rotatable bonds is 8. The standard InChI is InChI=1S/C22H32N2O2/c1-18-6-9-22(26-18)17-23(2)15-20-5-4-13-24(16-20)14-12-19-7-10-21(25-3)11-8-19/h6-11,20H,4-5,12-17H2,1-3H3/t20-/m0/s1. The average Bonchev–Trinajstić information content (AvgIpc) is 3.05. The normalized spacial score (nSPS) is 18.4. The van der Waals surface area contributed by atoms with Crippen LogP contribution in [0.15, 0.2) is 40.8 Å². The van der Waals surface area contributed by atoms with E-state index in [0.29, 0.717) is 0 Å². The first-order valence-electron chi connectivity index (χ1n) is 9.71. The topological polar surface area (TPSA) is 28.9 Å². The summed E-state index contributed by atoms with van der Waals surface area (Å²) in [6.07, 6.45) is 3.75. The minimum Gasteiger partial charge on any atom is -0.497 e. The van der Waals surface area contributed by atoms with Gasteiger partial charge in [-0.05, 0) is 75.5 Å². The molecule has 0 bridgehead atoms. The third-order valence-corrected chi connectivity index (χ3v) is 5.27. The van der Waals surface area contributed by atoms with Crippen molar-refractivity contribution >= 4 is 0 Å². The zero-order valence-corrected chi connectivity index (χ0v) is 16.4. The van der Waals surface area contributed by atoms with Gasteiger partial charge >= 0.3 is 0 Å². The Hall–Kier alpha value is -1.78. The van der Waals surface area contributed by atoms with Crippen LogP contribution in [0.3, 0.4) is 0 Å². The maximum Gasteiger partial charge on any atom is 0.118 e. The lowest BCUT2D eigenvalue weighted by Gasteiger charge is -2.34. The third-order valence-electron chi connectivity index (χ3n) is 5.27. The van der Waals surface area contributed by atoms with Crippen LogP contribution >= 0.6 is 0 Å². The Morgan fingerprint density at radius 3 is 2.69 bits per heavy atom. The van der Waals surface area contributed by atoms with Crippen LogP contribution in [0.5, 0.6) is 5.75 Å². The number of hydrogen-bond acceptors (Lipinski definition) is 4. The van der Waals surface area contributed by atoms with Gasteiger partial charge in [0.1, 0.15) is 17.3 Å². The van der Waals surface area contributed by atoms with E-state index in [1.54, 1.807) is 7.11 Å². The van der Waals surface area contributed by atoms with E-state index in [9.17, 15) is 0 Å². The Morgan fingerprint density at radius 2 is 2.00 bits per heavy atom. The van der Waals surface area contributed by atoms with Crippen LogP contribution in [-0.2, 0) is 13.0 Å². The lowest BCUT2D eigenvalue weighted by Crippen LogP contribution is -2.40. The van der Waals surface area contributed by atoms with Crippen molar-refractivity contribution in [2.45, 2.75) is 32.7 Å². The lowest BCUT2D eigenvalue weighted by atomic mass is 9.97. The fraction of sp³-hybridized carbons (Fsp3) is 0.545. The quantitative estimate of drug-likeness (QED) is 0.715. The van der Waals surface area contributed by atoms with Crippen LogP contribution in [0.25, 0.3) is 0 Å². The van der Waals surface area contributed by atoms with Gasteiger partial charge in [-0.3, -0.25) is 4.90 Å². The molecule has 142 valence electrons. The Labute approximate surface area is 157 Å². The number of likely N-dealkylation sites (tertiary alicyclic amines) is 1.